The van der Waals surface area contributed by atoms with E-state index in [1.165, 1.54) is 34.8 Å². The van der Waals surface area contributed by atoms with Gasteiger partial charge in [-0.2, -0.15) is 11.3 Å². The molecular formula is C18H17FN2O2S2. The van der Waals surface area contributed by atoms with Crippen molar-refractivity contribution in [2.24, 2.45) is 0 Å². The summed E-state index contributed by atoms with van der Waals surface area (Å²) in [6, 6.07) is 11.1. The molecule has 1 atom stereocenters. The van der Waals surface area contributed by atoms with Gasteiger partial charge in [0.2, 0.25) is 0 Å². The van der Waals surface area contributed by atoms with Crippen LogP contribution in [0.2, 0.25) is 0 Å². The molecule has 0 aliphatic rings. The van der Waals surface area contributed by atoms with E-state index in [9.17, 15) is 14.3 Å². The lowest BCUT2D eigenvalue weighted by Gasteiger charge is -2.27. The first-order valence-electron chi connectivity index (χ1n) is 7.63. The molecule has 3 rings (SSSR count). The predicted molar refractivity (Wildman–Crippen MR) is 98.3 cm³/mol. The minimum absolute atomic E-state index is 0.0551. The number of carbonyl (C=O) groups excluding carboxylic acids is 1. The summed E-state index contributed by atoms with van der Waals surface area (Å²) in [7, 11) is 0. The zero-order chi connectivity index (χ0) is 17.7. The first-order valence-corrected chi connectivity index (χ1v) is 9.45. The molecule has 0 aliphatic heterocycles. The molecule has 7 heteroatoms. The summed E-state index contributed by atoms with van der Waals surface area (Å²) < 4.78 is 12.9. The molecule has 0 fully saturated rings. The molecule has 0 bridgehead atoms. The van der Waals surface area contributed by atoms with Crippen molar-refractivity contribution in [3.63, 3.8) is 0 Å². The molecule has 0 saturated carbocycles. The van der Waals surface area contributed by atoms with Gasteiger partial charge >= 0.3 is 6.03 Å². The second-order valence-corrected chi connectivity index (χ2v) is 7.24. The number of hydrogen-bond donors (Lipinski definition) is 3. The molecule has 25 heavy (non-hydrogen) atoms. The summed E-state index contributed by atoms with van der Waals surface area (Å²) in [4.78, 5) is 12.8. The van der Waals surface area contributed by atoms with Crippen molar-refractivity contribution in [3.05, 3.63) is 80.4 Å². The third kappa shape index (κ3) is 4.25. The van der Waals surface area contributed by atoms with Crippen LogP contribution in [-0.2, 0) is 12.1 Å². The quantitative estimate of drug-likeness (QED) is 0.615. The van der Waals surface area contributed by atoms with E-state index in [0.29, 0.717) is 0 Å². The number of hydrogen-bond acceptors (Lipinski definition) is 4. The topological polar surface area (TPSA) is 61.4 Å². The van der Waals surface area contributed by atoms with E-state index in [2.05, 4.69) is 10.6 Å². The Morgan fingerprint density at radius 1 is 1.12 bits per heavy atom. The van der Waals surface area contributed by atoms with E-state index in [4.69, 9.17) is 0 Å². The van der Waals surface area contributed by atoms with Gasteiger partial charge in [-0.3, -0.25) is 0 Å². The summed E-state index contributed by atoms with van der Waals surface area (Å²) in [5.41, 5.74) is 0.281. The average Bonchev–Trinajstić information content (AvgIpc) is 3.33. The summed E-state index contributed by atoms with van der Waals surface area (Å²) in [5, 5.41) is 22.2. The highest BCUT2D eigenvalue weighted by Gasteiger charge is 2.33. The Morgan fingerprint density at radius 3 is 2.56 bits per heavy atom. The van der Waals surface area contributed by atoms with Crippen LogP contribution in [0.3, 0.4) is 0 Å². The summed E-state index contributed by atoms with van der Waals surface area (Å²) in [6.45, 7) is 0.335. The molecule has 4 nitrogen and oxygen atoms in total. The lowest BCUT2D eigenvalue weighted by Crippen LogP contribution is -2.44. The van der Waals surface area contributed by atoms with Crippen molar-refractivity contribution in [1.29, 1.82) is 0 Å². The zero-order valence-electron chi connectivity index (χ0n) is 13.2. The Balaban J connectivity index is 1.61. The van der Waals surface area contributed by atoms with Crippen molar-refractivity contribution >= 4 is 28.7 Å². The Labute approximate surface area is 153 Å². The summed E-state index contributed by atoms with van der Waals surface area (Å²) >= 11 is 2.93. The van der Waals surface area contributed by atoms with Crippen LogP contribution in [0.1, 0.15) is 16.0 Å². The van der Waals surface area contributed by atoms with Crippen molar-refractivity contribution < 1.29 is 14.3 Å². The predicted octanol–water partition coefficient (Wildman–Crippen LogP) is 3.68. The van der Waals surface area contributed by atoms with Crippen LogP contribution in [0, 0.1) is 5.82 Å². The Kier molecular flexibility index (Phi) is 5.47. The largest absolute Gasteiger partial charge is 0.378 e. The highest BCUT2D eigenvalue weighted by Crippen LogP contribution is 2.33. The number of aliphatic hydroxyl groups is 1. The zero-order valence-corrected chi connectivity index (χ0v) is 14.9. The minimum atomic E-state index is -1.26. The number of halogens is 1. The normalized spacial score (nSPS) is 13.2. The maximum absolute atomic E-state index is 12.9. The average molecular weight is 376 g/mol. The number of carbonyl (C=O) groups is 1. The second kappa shape index (κ2) is 7.77. The molecule has 1 aromatic carbocycles. The van der Waals surface area contributed by atoms with Gasteiger partial charge in [-0.15, -0.1) is 11.3 Å². The lowest BCUT2D eigenvalue weighted by atomic mass is 9.94. The molecule has 3 N–H and O–H groups in total. The molecule has 2 amide bonds. The molecule has 0 spiro atoms. The number of nitrogens with one attached hydrogen (secondary N) is 2. The summed E-state index contributed by atoms with van der Waals surface area (Å²) in [6.07, 6.45) is 0. The Morgan fingerprint density at radius 2 is 1.92 bits per heavy atom. The van der Waals surface area contributed by atoms with Crippen LogP contribution in [0.4, 0.5) is 9.18 Å². The fraction of sp³-hybridized carbons (Fsp3) is 0.167. The van der Waals surface area contributed by atoms with Crippen LogP contribution in [0.5, 0.6) is 0 Å². The Hall–Kier alpha value is -2.22. The molecule has 0 saturated heterocycles. The van der Waals surface area contributed by atoms with E-state index in [1.807, 2.05) is 34.3 Å². The van der Waals surface area contributed by atoms with Gasteiger partial charge in [-0.1, -0.05) is 18.2 Å². The van der Waals surface area contributed by atoms with Crippen LogP contribution in [0.25, 0.3) is 0 Å². The van der Waals surface area contributed by atoms with Crippen LogP contribution in [-0.4, -0.2) is 17.7 Å². The highest BCUT2D eigenvalue weighted by molar-refractivity contribution is 7.10. The maximum atomic E-state index is 12.9. The molecule has 0 aliphatic carbocycles. The second-order valence-electron chi connectivity index (χ2n) is 5.51. The van der Waals surface area contributed by atoms with Gasteiger partial charge in [0, 0.05) is 17.0 Å². The smallest absolute Gasteiger partial charge is 0.315 e. The monoisotopic (exact) mass is 376 g/mol. The number of benzene rings is 1. The van der Waals surface area contributed by atoms with Gasteiger partial charge in [-0.25, -0.2) is 9.18 Å². The third-order valence-corrected chi connectivity index (χ3v) is 5.50. The lowest BCUT2D eigenvalue weighted by molar-refractivity contribution is 0.0863. The van der Waals surface area contributed by atoms with Crippen LogP contribution < -0.4 is 10.6 Å². The first kappa shape index (κ1) is 17.6. The van der Waals surface area contributed by atoms with E-state index >= 15 is 0 Å². The van der Waals surface area contributed by atoms with Gasteiger partial charge in [-0.05, 0) is 46.0 Å². The van der Waals surface area contributed by atoms with Gasteiger partial charge < -0.3 is 15.7 Å². The molecule has 2 aromatic heterocycles. The van der Waals surface area contributed by atoms with E-state index < -0.39 is 11.6 Å². The van der Waals surface area contributed by atoms with Crippen LogP contribution in [0.15, 0.2) is 58.6 Å². The minimum Gasteiger partial charge on any atom is -0.378 e. The third-order valence-electron chi connectivity index (χ3n) is 3.80. The van der Waals surface area contributed by atoms with Gasteiger partial charge in [0.05, 0.1) is 6.54 Å². The van der Waals surface area contributed by atoms with Gasteiger partial charge in [0.25, 0.3) is 0 Å². The number of urea groups is 1. The van der Waals surface area contributed by atoms with E-state index in [1.54, 1.807) is 12.1 Å². The summed E-state index contributed by atoms with van der Waals surface area (Å²) in [5.74, 6) is -0.315. The van der Waals surface area contributed by atoms with Crippen molar-refractivity contribution in [2.45, 2.75) is 12.1 Å². The fourth-order valence-electron chi connectivity index (χ4n) is 2.40. The van der Waals surface area contributed by atoms with Crippen molar-refractivity contribution in [2.75, 3.05) is 6.54 Å². The molecular weight excluding hydrogens is 359 g/mol. The Bertz CT molecular complexity index is 768. The highest BCUT2D eigenvalue weighted by atomic mass is 32.1. The molecule has 2 heterocycles. The SMILES string of the molecule is O=C(NCc1ccc(F)cc1)NC[C@@](O)(c1ccsc1)c1cccs1. The molecule has 0 radical (unpaired) electrons. The number of rotatable bonds is 6. The van der Waals surface area contributed by atoms with Crippen LogP contribution >= 0.6 is 22.7 Å². The maximum Gasteiger partial charge on any atom is 0.315 e. The fourth-order valence-corrected chi connectivity index (χ4v) is 3.97. The van der Waals surface area contributed by atoms with Gasteiger partial charge in [0.15, 0.2) is 0 Å². The van der Waals surface area contributed by atoms with Crippen molar-refractivity contribution in [3.8, 4) is 0 Å². The van der Waals surface area contributed by atoms with Crippen molar-refractivity contribution in [1.82, 2.24) is 10.6 Å². The molecule has 0 unspecified atom stereocenters. The standard InChI is InChI=1S/C18H17FN2O2S2/c19-15-5-3-13(4-6-15)10-20-17(22)21-12-18(23,14-7-9-24-11-14)16-2-1-8-25-16/h1-9,11,23H,10,12H2,(H2,20,21,22)/t18-/m1/s1. The molecule has 3 aromatic rings. The number of amides is 2. The number of thiophene rings is 2. The molecule has 130 valence electrons. The van der Waals surface area contributed by atoms with Gasteiger partial charge in [0.1, 0.15) is 11.4 Å². The van der Waals surface area contributed by atoms with E-state index in [0.717, 1.165) is 16.0 Å². The van der Waals surface area contributed by atoms with E-state index in [-0.39, 0.29) is 18.9 Å². The first-order chi connectivity index (χ1) is 12.1.